The Bertz CT molecular complexity index is 651. The van der Waals surface area contributed by atoms with Gasteiger partial charge in [0.05, 0.1) is 19.9 Å². The molecule has 3 rings (SSSR count). The van der Waals surface area contributed by atoms with Crippen LogP contribution in [0.5, 0.6) is 11.5 Å². The number of fused-ring (bicyclic) bond motifs is 1. The fourth-order valence-corrected chi connectivity index (χ4v) is 2.99. The molecule has 2 N–H and O–H groups in total. The van der Waals surface area contributed by atoms with Crippen molar-refractivity contribution in [2.75, 3.05) is 14.2 Å². The molecule has 0 bridgehead atoms. The number of aromatic nitrogens is 2. The lowest BCUT2D eigenvalue weighted by Crippen LogP contribution is -2.33. The van der Waals surface area contributed by atoms with Crippen LogP contribution in [-0.4, -0.2) is 29.8 Å². The minimum Gasteiger partial charge on any atom is -0.493 e. The van der Waals surface area contributed by atoms with E-state index in [2.05, 4.69) is 17.7 Å². The predicted molar refractivity (Wildman–Crippen MR) is 81.8 cm³/mol. The molecule has 112 valence electrons. The zero-order chi connectivity index (χ0) is 15.0. The molecule has 1 aromatic carbocycles. The highest BCUT2D eigenvalue weighted by Crippen LogP contribution is 2.34. The van der Waals surface area contributed by atoms with E-state index in [9.17, 15) is 0 Å². The van der Waals surface area contributed by atoms with E-state index < -0.39 is 0 Å². The van der Waals surface area contributed by atoms with Crippen molar-refractivity contribution in [3.63, 3.8) is 0 Å². The molecule has 1 aliphatic heterocycles. The molecule has 2 heterocycles. The highest BCUT2D eigenvalue weighted by Gasteiger charge is 2.24. The van der Waals surface area contributed by atoms with E-state index in [1.807, 2.05) is 18.2 Å². The minimum absolute atomic E-state index is 0.208. The first-order valence-corrected chi connectivity index (χ1v) is 7.17. The van der Waals surface area contributed by atoms with Gasteiger partial charge in [0.1, 0.15) is 5.82 Å². The van der Waals surface area contributed by atoms with Gasteiger partial charge in [-0.3, -0.25) is 0 Å². The van der Waals surface area contributed by atoms with E-state index in [4.69, 9.17) is 20.2 Å². The number of hydrogen-bond acceptors (Lipinski definition) is 4. The second-order valence-electron chi connectivity index (χ2n) is 5.60. The van der Waals surface area contributed by atoms with E-state index in [-0.39, 0.29) is 6.04 Å². The van der Waals surface area contributed by atoms with Crippen LogP contribution in [0.3, 0.4) is 0 Å². The molecule has 1 aliphatic rings. The predicted octanol–water partition coefficient (Wildman–Crippen LogP) is 2.40. The molecule has 0 fully saturated rings. The van der Waals surface area contributed by atoms with Gasteiger partial charge in [-0.25, -0.2) is 4.98 Å². The number of nitrogens with zero attached hydrogens (tertiary/aromatic N) is 2. The highest BCUT2D eigenvalue weighted by atomic mass is 16.5. The number of nitrogens with two attached hydrogens (primary N) is 1. The van der Waals surface area contributed by atoms with E-state index in [0.29, 0.717) is 11.7 Å². The van der Waals surface area contributed by atoms with Crippen molar-refractivity contribution in [3.05, 3.63) is 30.2 Å². The Kier molecular flexibility index (Phi) is 3.59. The van der Waals surface area contributed by atoms with Crippen LogP contribution in [-0.2, 0) is 6.54 Å². The lowest BCUT2D eigenvalue weighted by Gasteiger charge is -2.25. The van der Waals surface area contributed by atoms with Crippen LogP contribution >= 0.6 is 0 Å². The van der Waals surface area contributed by atoms with Gasteiger partial charge >= 0.3 is 0 Å². The molecular formula is C16H21N3O2. The lowest BCUT2D eigenvalue weighted by molar-refractivity contribution is 0.355. The van der Waals surface area contributed by atoms with Crippen molar-refractivity contribution in [2.45, 2.75) is 31.8 Å². The van der Waals surface area contributed by atoms with Crippen molar-refractivity contribution >= 4 is 0 Å². The summed E-state index contributed by atoms with van der Waals surface area (Å²) in [6.07, 6.45) is 3.06. The molecule has 0 radical (unpaired) electrons. The van der Waals surface area contributed by atoms with Crippen LogP contribution in [0.25, 0.3) is 11.3 Å². The van der Waals surface area contributed by atoms with E-state index in [1.54, 1.807) is 14.2 Å². The maximum Gasteiger partial charge on any atom is 0.161 e. The third-order valence-electron chi connectivity index (χ3n) is 4.01. The number of hydrogen-bond donors (Lipinski definition) is 1. The maximum atomic E-state index is 6.09. The molecule has 0 amide bonds. The van der Waals surface area contributed by atoms with Gasteiger partial charge in [0.2, 0.25) is 0 Å². The van der Waals surface area contributed by atoms with Gasteiger partial charge in [0.25, 0.3) is 0 Å². The first-order chi connectivity index (χ1) is 10.1. The molecule has 1 aromatic heterocycles. The summed E-state index contributed by atoms with van der Waals surface area (Å²) in [6.45, 7) is 3.01. The zero-order valence-corrected chi connectivity index (χ0v) is 12.7. The van der Waals surface area contributed by atoms with Gasteiger partial charge in [-0.05, 0) is 24.6 Å². The molecule has 2 atom stereocenters. The third kappa shape index (κ3) is 2.49. The van der Waals surface area contributed by atoms with Gasteiger partial charge in [0.15, 0.2) is 11.5 Å². The van der Waals surface area contributed by atoms with Crippen LogP contribution in [0.1, 0.15) is 25.1 Å². The van der Waals surface area contributed by atoms with Crippen LogP contribution in [0.4, 0.5) is 0 Å². The van der Waals surface area contributed by atoms with Crippen LogP contribution in [0.15, 0.2) is 24.4 Å². The quantitative estimate of drug-likeness (QED) is 0.941. The van der Waals surface area contributed by atoms with Crippen LogP contribution < -0.4 is 15.2 Å². The van der Waals surface area contributed by atoms with E-state index in [0.717, 1.165) is 35.8 Å². The molecule has 21 heavy (non-hydrogen) atoms. The first-order valence-electron chi connectivity index (χ1n) is 7.17. The number of imidazole rings is 1. The van der Waals surface area contributed by atoms with Crippen molar-refractivity contribution in [1.29, 1.82) is 0 Å². The van der Waals surface area contributed by atoms with Gasteiger partial charge in [0, 0.05) is 30.3 Å². The molecule has 0 aliphatic carbocycles. The Morgan fingerprint density at radius 3 is 2.71 bits per heavy atom. The Labute approximate surface area is 124 Å². The Morgan fingerprint density at radius 2 is 2.00 bits per heavy atom. The number of benzene rings is 1. The molecular weight excluding hydrogens is 266 g/mol. The first kappa shape index (κ1) is 13.9. The monoisotopic (exact) mass is 287 g/mol. The minimum atomic E-state index is 0.208. The molecule has 2 aromatic rings. The van der Waals surface area contributed by atoms with Crippen molar-refractivity contribution in [1.82, 2.24) is 9.55 Å². The SMILES string of the molecule is COc1ccc(-c2cn3c(n2)C(C)CC(N)C3)cc1OC. The molecule has 0 saturated carbocycles. The normalized spacial score (nSPS) is 21.0. The third-order valence-corrected chi connectivity index (χ3v) is 4.01. The summed E-state index contributed by atoms with van der Waals surface area (Å²) in [5, 5.41) is 0. The molecule has 0 spiro atoms. The van der Waals surface area contributed by atoms with Crippen LogP contribution in [0.2, 0.25) is 0 Å². The smallest absolute Gasteiger partial charge is 0.161 e. The van der Waals surface area contributed by atoms with Gasteiger partial charge in [-0.2, -0.15) is 0 Å². The van der Waals surface area contributed by atoms with Crippen molar-refractivity contribution in [2.24, 2.45) is 5.73 Å². The summed E-state index contributed by atoms with van der Waals surface area (Å²) in [4.78, 5) is 4.78. The summed E-state index contributed by atoms with van der Waals surface area (Å²) in [7, 11) is 3.27. The number of methoxy groups -OCH3 is 2. The van der Waals surface area contributed by atoms with Crippen LogP contribution in [0, 0.1) is 0 Å². The number of ether oxygens (including phenoxy) is 2. The standard InChI is InChI=1S/C16H21N3O2/c1-10-6-12(17)8-19-9-13(18-16(10)19)11-4-5-14(20-2)15(7-11)21-3/h4-5,7,9-10,12H,6,8,17H2,1-3H3. The topological polar surface area (TPSA) is 62.3 Å². The van der Waals surface area contributed by atoms with Gasteiger partial charge in [-0.1, -0.05) is 6.92 Å². The summed E-state index contributed by atoms with van der Waals surface area (Å²) in [5.41, 5.74) is 8.06. The second-order valence-corrected chi connectivity index (χ2v) is 5.60. The maximum absolute atomic E-state index is 6.09. The Hall–Kier alpha value is -2.01. The molecule has 5 nitrogen and oxygen atoms in total. The summed E-state index contributed by atoms with van der Waals surface area (Å²) in [6, 6.07) is 6.07. The fraction of sp³-hybridized carbons (Fsp3) is 0.438. The summed E-state index contributed by atoms with van der Waals surface area (Å²) < 4.78 is 12.8. The summed E-state index contributed by atoms with van der Waals surface area (Å²) in [5.74, 6) is 2.94. The van der Waals surface area contributed by atoms with Gasteiger partial charge < -0.3 is 19.8 Å². The molecule has 5 heteroatoms. The zero-order valence-electron chi connectivity index (χ0n) is 12.7. The molecule has 2 unspecified atom stereocenters. The summed E-state index contributed by atoms with van der Waals surface area (Å²) >= 11 is 0. The Morgan fingerprint density at radius 1 is 1.24 bits per heavy atom. The second kappa shape index (κ2) is 5.41. The highest BCUT2D eigenvalue weighted by molar-refractivity contribution is 5.64. The Balaban J connectivity index is 2.00. The van der Waals surface area contributed by atoms with E-state index >= 15 is 0 Å². The lowest BCUT2D eigenvalue weighted by atomic mass is 9.98. The largest absolute Gasteiger partial charge is 0.493 e. The van der Waals surface area contributed by atoms with Crippen molar-refractivity contribution < 1.29 is 9.47 Å². The van der Waals surface area contributed by atoms with Crippen molar-refractivity contribution in [3.8, 4) is 22.8 Å². The average Bonchev–Trinajstić information content (AvgIpc) is 2.90. The average molecular weight is 287 g/mol. The van der Waals surface area contributed by atoms with Gasteiger partial charge in [-0.15, -0.1) is 0 Å². The fourth-order valence-electron chi connectivity index (χ4n) is 2.99. The number of rotatable bonds is 3. The molecule has 0 saturated heterocycles. The van der Waals surface area contributed by atoms with E-state index in [1.165, 1.54) is 0 Å².